The standard InChI is InChI=1S/C18H18N2O4/c21-18(19-11-2-1-3-12-19)10-8-16-7-9-17(24-16)14-5-4-6-15(13-14)20(22)23/h4-10,13H,1-3,11-12H2/b10-8+. The molecule has 0 bridgehead atoms. The van der Waals surface area contributed by atoms with E-state index in [0.29, 0.717) is 17.1 Å². The third kappa shape index (κ3) is 3.71. The van der Waals surface area contributed by atoms with Crippen LogP contribution in [0.3, 0.4) is 0 Å². The number of furan rings is 1. The lowest BCUT2D eigenvalue weighted by molar-refractivity contribution is -0.384. The Labute approximate surface area is 139 Å². The monoisotopic (exact) mass is 326 g/mol. The van der Waals surface area contributed by atoms with Crippen LogP contribution < -0.4 is 0 Å². The summed E-state index contributed by atoms with van der Waals surface area (Å²) >= 11 is 0. The predicted molar refractivity (Wildman–Crippen MR) is 90.3 cm³/mol. The molecule has 2 heterocycles. The molecule has 1 aromatic carbocycles. The molecule has 1 amide bonds. The van der Waals surface area contributed by atoms with Crippen molar-refractivity contribution in [3.8, 4) is 11.3 Å². The van der Waals surface area contributed by atoms with E-state index >= 15 is 0 Å². The minimum Gasteiger partial charge on any atom is -0.457 e. The van der Waals surface area contributed by atoms with Crippen LogP contribution in [0.2, 0.25) is 0 Å². The molecular weight excluding hydrogens is 308 g/mol. The average molecular weight is 326 g/mol. The van der Waals surface area contributed by atoms with E-state index in [0.717, 1.165) is 25.9 Å². The normalized spacial score (nSPS) is 14.9. The van der Waals surface area contributed by atoms with E-state index in [1.807, 2.05) is 4.90 Å². The number of hydrogen-bond donors (Lipinski definition) is 0. The van der Waals surface area contributed by atoms with E-state index < -0.39 is 4.92 Å². The lowest BCUT2D eigenvalue weighted by Crippen LogP contribution is -2.34. The van der Waals surface area contributed by atoms with Gasteiger partial charge in [0.15, 0.2) is 0 Å². The molecule has 6 heteroatoms. The number of nitro benzene ring substituents is 1. The van der Waals surface area contributed by atoms with Gasteiger partial charge in [0.25, 0.3) is 5.69 Å². The summed E-state index contributed by atoms with van der Waals surface area (Å²) in [5, 5.41) is 10.8. The summed E-state index contributed by atoms with van der Waals surface area (Å²) in [5.74, 6) is 1.06. The molecule has 0 spiro atoms. The van der Waals surface area contributed by atoms with E-state index in [4.69, 9.17) is 4.42 Å². The van der Waals surface area contributed by atoms with Gasteiger partial charge in [0.1, 0.15) is 11.5 Å². The minimum atomic E-state index is -0.440. The number of nitrogens with zero attached hydrogens (tertiary/aromatic N) is 2. The highest BCUT2D eigenvalue weighted by Crippen LogP contribution is 2.26. The van der Waals surface area contributed by atoms with E-state index in [9.17, 15) is 14.9 Å². The summed E-state index contributed by atoms with van der Waals surface area (Å²) in [5.41, 5.74) is 0.646. The predicted octanol–water partition coefficient (Wildman–Crippen LogP) is 3.88. The maximum absolute atomic E-state index is 12.1. The summed E-state index contributed by atoms with van der Waals surface area (Å²) in [6.45, 7) is 1.61. The van der Waals surface area contributed by atoms with Gasteiger partial charge in [0.05, 0.1) is 4.92 Å². The Morgan fingerprint density at radius 1 is 1.17 bits per heavy atom. The maximum atomic E-state index is 12.1. The number of benzene rings is 1. The Kier molecular flexibility index (Phi) is 4.74. The molecule has 1 saturated heterocycles. The maximum Gasteiger partial charge on any atom is 0.270 e. The van der Waals surface area contributed by atoms with Gasteiger partial charge in [0.2, 0.25) is 5.91 Å². The van der Waals surface area contributed by atoms with Gasteiger partial charge in [-0.15, -0.1) is 0 Å². The van der Waals surface area contributed by atoms with Crippen LogP contribution in [0.1, 0.15) is 25.0 Å². The molecule has 124 valence electrons. The second kappa shape index (κ2) is 7.12. The summed E-state index contributed by atoms with van der Waals surface area (Å²) in [6.07, 6.45) is 6.44. The van der Waals surface area contributed by atoms with Crippen molar-refractivity contribution in [3.05, 3.63) is 58.3 Å². The number of carbonyl (C=O) groups is 1. The van der Waals surface area contributed by atoms with E-state index in [1.165, 1.54) is 24.6 Å². The van der Waals surface area contributed by atoms with Crippen molar-refractivity contribution in [2.75, 3.05) is 13.1 Å². The molecule has 0 unspecified atom stereocenters. The highest BCUT2D eigenvalue weighted by Gasteiger charge is 2.14. The Morgan fingerprint density at radius 3 is 2.71 bits per heavy atom. The first-order valence-electron chi connectivity index (χ1n) is 7.95. The first-order chi connectivity index (χ1) is 11.6. The Morgan fingerprint density at radius 2 is 1.96 bits per heavy atom. The third-order valence-corrected chi connectivity index (χ3v) is 4.03. The molecule has 1 aliphatic rings. The average Bonchev–Trinajstić information content (AvgIpc) is 3.09. The lowest BCUT2D eigenvalue weighted by atomic mass is 10.1. The number of rotatable bonds is 4. The molecule has 1 aromatic heterocycles. The molecule has 0 N–H and O–H groups in total. The number of non-ortho nitro benzene ring substituents is 1. The zero-order valence-electron chi connectivity index (χ0n) is 13.2. The number of hydrogen-bond acceptors (Lipinski definition) is 4. The summed E-state index contributed by atoms with van der Waals surface area (Å²) in [7, 11) is 0. The topological polar surface area (TPSA) is 76.6 Å². The van der Waals surface area contributed by atoms with Gasteiger partial charge >= 0.3 is 0 Å². The Balaban J connectivity index is 1.71. The number of nitro groups is 1. The van der Waals surface area contributed by atoms with E-state index in [2.05, 4.69) is 0 Å². The molecule has 0 radical (unpaired) electrons. The summed E-state index contributed by atoms with van der Waals surface area (Å²) < 4.78 is 5.66. The van der Waals surface area contributed by atoms with Gasteiger partial charge in [-0.25, -0.2) is 0 Å². The quantitative estimate of drug-likeness (QED) is 0.485. The molecule has 0 saturated carbocycles. The molecule has 1 fully saturated rings. The minimum absolute atomic E-state index is 0.0111. The lowest BCUT2D eigenvalue weighted by Gasteiger charge is -2.25. The molecule has 6 nitrogen and oxygen atoms in total. The second-order valence-electron chi connectivity index (χ2n) is 5.73. The molecule has 3 rings (SSSR count). The van der Waals surface area contributed by atoms with Crippen molar-refractivity contribution in [2.24, 2.45) is 0 Å². The van der Waals surface area contributed by atoms with Gasteiger partial charge < -0.3 is 9.32 Å². The third-order valence-electron chi connectivity index (χ3n) is 4.03. The SMILES string of the molecule is O=C(/C=C/c1ccc(-c2cccc([N+](=O)[O-])c2)o1)N1CCCCC1. The largest absolute Gasteiger partial charge is 0.457 e. The van der Waals surface area contributed by atoms with Gasteiger partial charge in [-0.05, 0) is 37.5 Å². The molecule has 0 atom stereocenters. The fourth-order valence-electron chi connectivity index (χ4n) is 2.74. The van der Waals surface area contributed by atoms with Crippen molar-refractivity contribution in [1.82, 2.24) is 4.90 Å². The van der Waals surface area contributed by atoms with Crippen molar-refractivity contribution in [2.45, 2.75) is 19.3 Å². The Bertz CT molecular complexity index is 773. The Hall–Kier alpha value is -2.89. The zero-order chi connectivity index (χ0) is 16.9. The molecule has 1 aliphatic heterocycles. The summed E-state index contributed by atoms with van der Waals surface area (Å²) in [4.78, 5) is 24.3. The second-order valence-corrected chi connectivity index (χ2v) is 5.73. The van der Waals surface area contributed by atoms with Crippen LogP contribution in [0, 0.1) is 10.1 Å². The molecular formula is C18H18N2O4. The van der Waals surface area contributed by atoms with Crippen molar-refractivity contribution < 1.29 is 14.1 Å². The fourth-order valence-corrected chi connectivity index (χ4v) is 2.74. The zero-order valence-corrected chi connectivity index (χ0v) is 13.2. The van der Waals surface area contributed by atoms with Crippen LogP contribution in [0.15, 0.2) is 46.9 Å². The fraction of sp³-hybridized carbons (Fsp3) is 0.278. The van der Waals surface area contributed by atoms with Gasteiger partial charge in [-0.3, -0.25) is 14.9 Å². The van der Waals surface area contributed by atoms with E-state index in [1.54, 1.807) is 30.3 Å². The highest BCUT2D eigenvalue weighted by atomic mass is 16.6. The van der Waals surface area contributed by atoms with Gasteiger partial charge in [-0.1, -0.05) is 12.1 Å². The van der Waals surface area contributed by atoms with Crippen molar-refractivity contribution in [1.29, 1.82) is 0 Å². The van der Waals surface area contributed by atoms with E-state index in [-0.39, 0.29) is 11.6 Å². The number of piperidine rings is 1. The van der Waals surface area contributed by atoms with Gasteiger partial charge in [-0.2, -0.15) is 0 Å². The summed E-state index contributed by atoms with van der Waals surface area (Å²) in [6, 6.07) is 9.75. The van der Waals surface area contributed by atoms with Crippen LogP contribution in [0.5, 0.6) is 0 Å². The number of carbonyl (C=O) groups excluding carboxylic acids is 1. The van der Waals surface area contributed by atoms with Crippen LogP contribution in [0.4, 0.5) is 5.69 Å². The van der Waals surface area contributed by atoms with Crippen molar-refractivity contribution in [3.63, 3.8) is 0 Å². The van der Waals surface area contributed by atoms with Crippen LogP contribution >= 0.6 is 0 Å². The number of likely N-dealkylation sites (tertiary alicyclic amines) is 1. The number of amides is 1. The van der Waals surface area contributed by atoms with Crippen LogP contribution in [0.25, 0.3) is 17.4 Å². The highest BCUT2D eigenvalue weighted by molar-refractivity contribution is 5.91. The molecule has 2 aromatic rings. The van der Waals surface area contributed by atoms with Crippen LogP contribution in [-0.2, 0) is 4.79 Å². The first kappa shape index (κ1) is 16.0. The van der Waals surface area contributed by atoms with Gasteiger partial charge in [0, 0.05) is 36.9 Å². The smallest absolute Gasteiger partial charge is 0.270 e. The molecule has 24 heavy (non-hydrogen) atoms. The molecule has 0 aliphatic carbocycles. The first-order valence-corrected chi connectivity index (χ1v) is 7.95. The van der Waals surface area contributed by atoms with Crippen LogP contribution in [-0.4, -0.2) is 28.8 Å². The van der Waals surface area contributed by atoms with Crippen molar-refractivity contribution >= 4 is 17.7 Å².